The average molecular weight is 479 g/mol. The molecule has 0 heterocycles. The summed E-state index contributed by atoms with van der Waals surface area (Å²) in [6.45, 7) is 5.10. The molecule has 1 atom stereocenters. The molecule has 4 heteroatoms. The third-order valence-corrected chi connectivity index (χ3v) is 23.0. The molecule has 2 aromatic carbocycles. The molecule has 0 aromatic heterocycles. The van der Waals surface area contributed by atoms with E-state index in [2.05, 4.69) is 92.0 Å². The van der Waals surface area contributed by atoms with Crippen LogP contribution in [0.3, 0.4) is 0 Å². The molecule has 0 spiro atoms. The van der Waals surface area contributed by atoms with Crippen LogP contribution in [-0.4, -0.2) is 5.43 Å². The van der Waals surface area contributed by atoms with Crippen molar-refractivity contribution in [2.45, 2.75) is 23.1 Å². The molecule has 134 valence electrons. The fourth-order valence-electron chi connectivity index (χ4n) is 3.95. The van der Waals surface area contributed by atoms with E-state index in [1.54, 1.807) is 5.56 Å². The molecule has 0 N–H and O–H groups in total. The van der Waals surface area contributed by atoms with Crippen molar-refractivity contribution in [3.05, 3.63) is 98.9 Å². The van der Waals surface area contributed by atoms with Gasteiger partial charge >= 0.3 is 153 Å². The largest absolute Gasteiger partial charge is 0.147 e. The van der Waals surface area contributed by atoms with Gasteiger partial charge in [-0.2, -0.15) is 0 Å². The number of benzene rings is 2. The van der Waals surface area contributed by atoms with Crippen molar-refractivity contribution >= 4 is 35.8 Å². The standard InChI is InChI=1S/C15H11.C5H5.C2H6Si.2ClH.Zr/c1-2-6-12(7-3-1)15-11-10-13-8-4-5-9-14(13)15;1-2-4-5-3-1;1-3-2;;;/h1-11H;1-3H,4H2;1-2H3;2*1H;. The fraction of sp³-hybridized carbons (Fsp3) is 0.182. The minimum Gasteiger partial charge on any atom is -0.147 e. The van der Waals surface area contributed by atoms with Crippen LogP contribution in [-0.2, 0) is 20.4 Å². The zero-order chi connectivity index (χ0) is 16.5. The fourth-order valence-corrected chi connectivity index (χ4v) is 21.7. The van der Waals surface area contributed by atoms with Crippen LogP contribution in [0.15, 0.2) is 82.2 Å². The molecule has 2 aliphatic carbocycles. The van der Waals surface area contributed by atoms with Crippen LogP contribution in [0.25, 0.3) is 5.57 Å². The van der Waals surface area contributed by atoms with Crippen molar-refractivity contribution in [2.24, 2.45) is 0 Å². The van der Waals surface area contributed by atoms with Crippen LogP contribution in [0.1, 0.15) is 26.7 Å². The normalized spacial score (nSPS) is 16.8. The maximum atomic E-state index is 2.63. The molecule has 0 aliphatic heterocycles. The summed E-state index contributed by atoms with van der Waals surface area (Å²) in [7, 11) is 0. The summed E-state index contributed by atoms with van der Waals surface area (Å²) in [5.74, 6) is 0. The van der Waals surface area contributed by atoms with Gasteiger partial charge in [0.15, 0.2) is 0 Å². The van der Waals surface area contributed by atoms with Gasteiger partial charge in [0.1, 0.15) is 0 Å². The zero-order valence-electron chi connectivity index (χ0n) is 15.1. The minimum atomic E-state index is -1.68. The SMILES string of the molecule is C[Si](C)=[Zr]([C]1=CC=CC1)[CH]1C=C(c2ccccc2)c2ccccc21.Cl.Cl. The molecule has 4 rings (SSSR count). The van der Waals surface area contributed by atoms with Gasteiger partial charge in [0.05, 0.1) is 0 Å². The molecule has 0 saturated carbocycles. The van der Waals surface area contributed by atoms with E-state index in [1.165, 1.54) is 23.1 Å². The van der Waals surface area contributed by atoms with E-state index in [0.717, 1.165) is 0 Å². The third-order valence-electron chi connectivity index (χ3n) is 4.97. The topological polar surface area (TPSA) is 0 Å². The first-order valence-corrected chi connectivity index (χ1v) is 17.5. The molecule has 2 aromatic rings. The monoisotopic (exact) mass is 476 g/mol. The van der Waals surface area contributed by atoms with Gasteiger partial charge < -0.3 is 0 Å². The predicted molar refractivity (Wildman–Crippen MR) is 117 cm³/mol. The molecular formula is C22H24Cl2SiZr. The van der Waals surface area contributed by atoms with Crippen molar-refractivity contribution in [1.29, 1.82) is 0 Å². The summed E-state index contributed by atoms with van der Waals surface area (Å²) >= 11 is -1.68. The van der Waals surface area contributed by atoms with Crippen molar-refractivity contribution in [3.63, 3.8) is 0 Å². The van der Waals surface area contributed by atoms with Crippen LogP contribution in [0.5, 0.6) is 0 Å². The summed E-state index contributed by atoms with van der Waals surface area (Å²) in [6, 6.07) is 20.1. The molecule has 26 heavy (non-hydrogen) atoms. The van der Waals surface area contributed by atoms with Gasteiger partial charge in [-0.1, -0.05) is 0 Å². The van der Waals surface area contributed by atoms with Gasteiger partial charge in [-0.3, -0.25) is 0 Å². The number of allylic oxidation sites excluding steroid dienone is 5. The molecule has 0 saturated heterocycles. The van der Waals surface area contributed by atoms with Crippen molar-refractivity contribution < 1.29 is 20.4 Å². The Hall–Kier alpha value is -0.660. The molecule has 0 bridgehead atoms. The Morgan fingerprint density at radius 3 is 2.27 bits per heavy atom. The van der Waals surface area contributed by atoms with Gasteiger partial charge in [-0.15, -0.1) is 24.8 Å². The van der Waals surface area contributed by atoms with Gasteiger partial charge in [0, 0.05) is 0 Å². The van der Waals surface area contributed by atoms with Crippen LogP contribution >= 0.6 is 24.8 Å². The Kier molecular flexibility index (Phi) is 7.91. The number of halogens is 2. The summed E-state index contributed by atoms with van der Waals surface area (Å²) in [5.41, 5.74) is 5.67. The molecule has 0 amide bonds. The average Bonchev–Trinajstić information content (AvgIpc) is 3.25. The van der Waals surface area contributed by atoms with Crippen LogP contribution in [0.2, 0.25) is 13.1 Å². The van der Waals surface area contributed by atoms with E-state index in [4.69, 9.17) is 0 Å². The number of rotatable bonds is 3. The van der Waals surface area contributed by atoms with Gasteiger partial charge in [0.25, 0.3) is 0 Å². The summed E-state index contributed by atoms with van der Waals surface area (Å²) in [5, 5.41) is 0. The van der Waals surface area contributed by atoms with Crippen molar-refractivity contribution in [1.82, 2.24) is 0 Å². The molecule has 2 aliphatic rings. The molecule has 0 nitrogen and oxygen atoms in total. The summed E-state index contributed by atoms with van der Waals surface area (Å²) in [4.78, 5) is 0. The number of hydrogen-bond acceptors (Lipinski definition) is 0. The second-order valence-corrected chi connectivity index (χ2v) is 24.5. The summed E-state index contributed by atoms with van der Waals surface area (Å²) < 4.78 is 2.54. The minimum absolute atomic E-state index is 0. The number of fused-ring (bicyclic) bond motifs is 1. The smallest absolute Gasteiger partial charge is 0.147 e. The third kappa shape index (κ3) is 4.09. The second kappa shape index (κ2) is 9.51. The Labute approximate surface area is 177 Å². The van der Waals surface area contributed by atoms with Crippen LogP contribution in [0.4, 0.5) is 0 Å². The van der Waals surface area contributed by atoms with Gasteiger partial charge in [0.2, 0.25) is 0 Å². The molecule has 1 unspecified atom stereocenters. The Morgan fingerprint density at radius 1 is 0.923 bits per heavy atom. The van der Waals surface area contributed by atoms with Crippen LogP contribution < -0.4 is 0 Å². The van der Waals surface area contributed by atoms with E-state index in [9.17, 15) is 0 Å². The zero-order valence-corrected chi connectivity index (χ0v) is 20.2. The second-order valence-electron chi connectivity index (χ2n) is 6.75. The van der Waals surface area contributed by atoms with E-state index >= 15 is 0 Å². The molecule has 0 fully saturated rings. The Balaban J connectivity index is 0.00000121. The Morgan fingerprint density at radius 2 is 1.62 bits per heavy atom. The van der Waals surface area contributed by atoms with E-state index in [-0.39, 0.29) is 30.2 Å². The maximum Gasteiger partial charge on any atom is -0.147 e. The predicted octanol–water partition coefficient (Wildman–Crippen LogP) is 6.73. The first-order chi connectivity index (χ1) is 11.8. The van der Waals surface area contributed by atoms with Gasteiger partial charge in [-0.05, 0) is 0 Å². The van der Waals surface area contributed by atoms with Gasteiger partial charge in [-0.25, -0.2) is 0 Å². The van der Waals surface area contributed by atoms with E-state index < -0.39 is 20.4 Å². The molecule has 0 radical (unpaired) electrons. The van der Waals surface area contributed by atoms with Crippen molar-refractivity contribution in [3.8, 4) is 0 Å². The van der Waals surface area contributed by atoms with E-state index in [0.29, 0.717) is 3.63 Å². The first-order valence-electron chi connectivity index (χ1n) is 8.65. The molecular weight excluding hydrogens is 454 g/mol. The maximum absolute atomic E-state index is 2.63. The number of hydrogen-bond donors (Lipinski definition) is 0. The van der Waals surface area contributed by atoms with Crippen LogP contribution in [0, 0.1) is 0 Å². The Bertz CT molecular complexity index is 907. The van der Waals surface area contributed by atoms with Crippen molar-refractivity contribution in [2.75, 3.05) is 0 Å². The first kappa shape index (κ1) is 21.6. The summed E-state index contributed by atoms with van der Waals surface area (Å²) in [6.07, 6.45) is 10.9. The van der Waals surface area contributed by atoms with E-state index in [1.807, 2.05) is 3.28 Å². The quantitative estimate of drug-likeness (QED) is 0.429.